The highest BCUT2D eigenvalue weighted by atomic mass is 32.1. The molecule has 1 amide bonds. The second-order valence-electron chi connectivity index (χ2n) is 6.59. The van der Waals surface area contributed by atoms with E-state index in [9.17, 15) is 18.0 Å². The molecule has 0 saturated heterocycles. The van der Waals surface area contributed by atoms with Crippen LogP contribution in [-0.4, -0.2) is 32.4 Å². The first-order chi connectivity index (χ1) is 14.8. The van der Waals surface area contributed by atoms with E-state index in [2.05, 4.69) is 20.6 Å². The molecule has 0 spiro atoms. The molecule has 11 heteroatoms. The summed E-state index contributed by atoms with van der Waals surface area (Å²) < 4.78 is 40.5. The van der Waals surface area contributed by atoms with Crippen molar-refractivity contribution >= 4 is 28.6 Å². The molecule has 0 aliphatic heterocycles. The topological polar surface area (TPSA) is 72.7 Å². The lowest BCUT2D eigenvalue weighted by Gasteiger charge is -2.11. The third-order valence-electron chi connectivity index (χ3n) is 4.37. The Morgan fingerprint density at radius 2 is 2.00 bits per heavy atom. The highest BCUT2D eigenvalue weighted by Gasteiger charge is 2.34. The van der Waals surface area contributed by atoms with Crippen molar-refractivity contribution in [2.24, 2.45) is 0 Å². The summed E-state index contributed by atoms with van der Waals surface area (Å²) in [5, 5.41) is 13.1. The smallest absolute Gasteiger partial charge is 0.350 e. The Hall–Kier alpha value is -3.05. The van der Waals surface area contributed by atoms with Crippen LogP contribution < -0.4 is 5.32 Å². The number of para-hydroxylation sites is 1. The molecule has 0 bridgehead atoms. The number of nitrogens with one attached hydrogen (secondary N) is 1. The Bertz CT molecular complexity index is 1210. The van der Waals surface area contributed by atoms with Gasteiger partial charge in [-0.2, -0.15) is 13.2 Å². The molecule has 0 unspecified atom stereocenters. The number of carbonyl (C=O) groups is 1. The average molecular weight is 464 g/mol. The maximum Gasteiger partial charge on any atom is 0.418 e. The van der Waals surface area contributed by atoms with Crippen molar-refractivity contribution in [2.45, 2.75) is 19.5 Å². The van der Waals surface area contributed by atoms with Crippen molar-refractivity contribution in [1.82, 2.24) is 25.3 Å². The van der Waals surface area contributed by atoms with Crippen LogP contribution in [0.3, 0.4) is 0 Å². The van der Waals surface area contributed by atoms with Gasteiger partial charge in [-0.15, -0.1) is 27.8 Å². The van der Waals surface area contributed by atoms with Crippen LogP contribution in [0.5, 0.6) is 0 Å². The zero-order chi connectivity index (χ0) is 22.0. The first-order valence-electron chi connectivity index (χ1n) is 9.19. The van der Waals surface area contributed by atoms with Gasteiger partial charge >= 0.3 is 6.18 Å². The fourth-order valence-electron chi connectivity index (χ4n) is 2.92. The van der Waals surface area contributed by atoms with Gasteiger partial charge < -0.3 is 5.32 Å². The predicted octanol–water partition coefficient (Wildman–Crippen LogP) is 4.75. The van der Waals surface area contributed by atoms with E-state index in [1.165, 1.54) is 24.4 Å². The standard InChI is InChI=1S/C20H16F3N5OS2/c1-12-25-16(11-30-12)18-7-6-13(31-18)8-9-24-19(29)15-10-28(27-26-15)17-5-3-2-4-14(17)20(21,22)23/h2-7,10-11H,8-9H2,1H3,(H,24,29). The van der Waals surface area contributed by atoms with Gasteiger partial charge in [-0.25, -0.2) is 9.67 Å². The molecule has 0 fully saturated rings. The molecule has 4 rings (SSSR count). The van der Waals surface area contributed by atoms with E-state index in [1.54, 1.807) is 22.7 Å². The number of rotatable bonds is 6. The van der Waals surface area contributed by atoms with Crippen molar-refractivity contribution in [3.05, 3.63) is 69.1 Å². The minimum atomic E-state index is -4.54. The van der Waals surface area contributed by atoms with Crippen LogP contribution in [0, 0.1) is 6.92 Å². The number of hydrogen-bond donors (Lipinski definition) is 1. The highest BCUT2D eigenvalue weighted by Crippen LogP contribution is 2.33. The molecule has 1 N–H and O–H groups in total. The SMILES string of the molecule is Cc1nc(-c2ccc(CCNC(=O)c3cn(-c4ccccc4C(F)(F)F)nn3)s2)cs1. The molecular weight excluding hydrogens is 447 g/mol. The summed E-state index contributed by atoms with van der Waals surface area (Å²) in [6.07, 6.45) is -2.74. The summed E-state index contributed by atoms with van der Waals surface area (Å²) in [4.78, 5) is 19.0. The molecule has 0 aliphatic rings. The molecule has 160 valence electrons. The predicted molar refractivity (Wildman–Crippen MR) is 113 cm³/mol. The van der Waals surface area contributed by atoms with Crippen molar-refractivity contribution in [3.8, 4) is 16.3 Å². The number of nitrogens with zero attached hydrogens (tertiary/aromatic N) is 4. The lowest BCUT2D eigenvalue weighted by atomic mass is 10.1. The first kappa shape index (κ1) is 21.2. The Balaban J connectivity index is 1.38. The van der Waals surface area contributed by atoms with Gasteiger partial charge in [0, 0.05) is 16.8 Å². The van der Waals surface area contributed by atoms with Crippen LogP contribution in [-0.2, 0) is 12.6 Å². The van der Waals surface area contributed by atoms with Crippen LogP contribution in [0.1, 0.15) is 25.9 Å². The maximum absolute atomic E-state index is 13.2. The third kappa shape index (κ3) is 4.83. The summed E-state index contributed by atoms with van der Waals surface area (Å²) in [5.41, 5.74) is -0.152. The molecule has 1 aromatic carbocycles. The van der Waals surface area contributed by atoms with E-state index in [1.807, 2.05) is 24.4 Å². The number of amides is 1. The third-order valence-corrected chi connectivity index (χ3v) is 6.31. The summed E-state index contributed by atoms with van der Waals surface area (Å²) in [6.45, 7) is 2.32. The van der Waals surface area contributed by atoms with E-state index in [-0.39, 0.29) is 11.4 Å². The van der Waals surface area contributed by atoms with Crippen LogP contribution in [0.2, 0.25) is 0 Å². The van der Waals surface area contributed by atoms with Crippen LogP contribution in [0.15, 0.2) is 48.0 Å². The second kappa shape index (κ2) is 8.60. The second-order valence-corrected chi connectivity index (χ2v) is 8.82. The van der Waals surface area contributed by atoms with Gasteiger partial charge in [0.2, 0.25) is 0 Å². The number of aryl methyl sites for hydroxylation is 1. The Morgan fingerprint density at radius 1 is 1.19 bits per heavy atom. The zero-order valence-corrected chi connectivity index (χ0v) is 17.8. The summed E-state index contributed by atoms with van der Waals surface area (Å²) in [6, 6.07) is 8.98. The molecule has 3 heterocycles. The van der Waals surface area contributed by atoms with Crippen LogP contribution in [0.25, 0.3) is 16.3 Å². The van der Waals surface area contributed by atoms with Gasteiger partial charge in [0.1, 0.15) is 0 Å². The number of benzene rings is 1. The molecule has 6 nitrogen and oxygen atoms in total. The van der Waals surface area contributed by atoms with E-state index in [0.29, 0.717) is 13.0 Å². The molecule has 31 heavy (non-hydrogen) atoms. The van der Waals surface area contributed by atoms with Gasteiger partial charge in [0.15, 0.2) is 5.69 Å². The molecular formula is C20H16F3N5OS2. The van der Waals surface area contributed by atoms with Crippen molar-refractivity contribution in [1.29, 1.82) is 0 Å². The normalized spacial score (nSPS) is 11.6. The number of thiophene rings is 1. The lowest BCUT2D eigenvalue weighted by Crippen LogP contribution is -2.25. The number of alkyl halides is 3. The van der Waals surface area contributed by atoms with Crippen LogP contribution >= 0.6 is 22.7 Å². The van der Waals surface area contributed by atoms with E-state index in [0.717, 1.165) is 31.2 Å². The Morgan fingerprint density at radius 3 is 2.74 bits per heavy atom. The average Bonchev–Trinajstić information content (AvgIpc) is 3.48. The van der Waals surface area contributed by atoms with Gasteiger partial charge in [0.25, 0.3) is 5.91 Å². The number of hydrogen-bond acceptors (Lipinski definition) is 6. The largest absolute Gasteiger partial charge is 0.418 e. The van der Waals surface area contributed by atoms with E-state index < -0.39 is 17.6 Å². The monoisotopic (exact) mass is 463 g/mol. The summed E-state index contributed by atoms with van der Waals surface area (Å²) in [7, 11) is 0. The Labute approximate surface area is 183 Å². The highest BCUT2D eigenvalue weighted by molar-refractivity contribution is 7.16. The fraction of sp³-hybridized carbons (Fsp3) is 0.200. The van der Waals surface area contributed by atoms with Gasteiger partial charge in [-0.05, 0) is 37.6 Å². The first-order valence-corrected chi connectivity index (χ1v) is 10.9. The van der Waals surface area contributed by atoms with Gasteiger partial charge in [0.05, 0.1) is 33.0 Å². The van der Waals surface area contributed by atoms with E-state index >= 15 is 0 Å². The maximum atomic E-state index is 13.2. The number of thiazole rings is 1. The molecule has 0 radical (unpaired) electrons. The van der Waals surface area contributed by atoms with Crippen LogP contribution in [0.4, 0.5) is 13.2 Å². The molecule has 4 aromatic rings. The molecule has 3 aromatic heterocycles. The zero-order valence-electron chi connectivity index (χ0n) is 16.2. The van der Waals surface area contributed by atoms with Crippen molar-refractivity contribution < 1.29 is 18.0 Å². The number of carbonyl (C=O) groups excluding carboxylic acids is 1. The molecule has 0 saturated carbocycles. The van der Waals surface area contributed by atoms with E-state index in [4.69, 9.17) is 0 Å². The number of halogens is 3. The van der Waals surface area contributed by atoms with Crippen molar-refractivity contribution in [2.75, 3.05) is 6.54 Å². The quantitative estimate of drug-likeness (QED) is 0.448. The van der Waals surface area contributed by atoms with Crippen molar-refractivity contribution in [3.63, 3.8) is 0 Å². The lowest BCUT2D eigenvalue weighted by molar-refractivity contribution is -0.137. The van der Waals surface area contributed by atoms with Gasteiger partial charge in [-0.3, -0.25) is 4.79 Å². The Kier molecular flexibility index (Phi) is 5.88. The van der Waals surface area contributed by atoms with Gasteiger partial charge in [-0.1, -0.05) is 17.3 Å². The fourth-order valence-corrected chi connectivity index (χ4v) is 4.57. The minimum absolute atomic E-state index is 0.0539. The molecule has 0 atom stereocenters. The number of aromatic nitrogens is 4. The minimum Gasteiger partial charge on any atom is -0.350 e. The summed E-state index contributed by atoms with van der Waals surface area (Å²) >= 11 is 3.20. The molecule has 0 aliphatic carbocycles. The summed E-state index contributed by atoms with van der Waals surface area (Å²) in [5.74, 6) is -0.498.